The molecule has 16 nitrogen and oxygen atoms in total. The lowest BCUT2D eigenvalue weighted by molar-refractivity contribution is -0.204. The molecule has 1 saturated carbocycles. The van der Waals surface area contributed by atoms with E-state index in [1.807, 2.05) is 87.3 Å². The van der Waals surface area contributed by atoms with Gasteiger partial charge in [-0.05, 0) is 117 Å². The van der Waals surface area contributed by atoms with E-state index in [-0.39, 0.29) is 18.9 Å². The first-order valence-electron chi connectivity index (χ1n) is 24.6. The Kier molecular flexibility index (Phi) is 14.1. The van der Waals surface area contributed by atoms with Crippen molar-refractivity contribution in [2.24, 2.45) is 11.3 Å². The predicted octanol–water partition coefficient (Wildman–Crippen LogP) is 5.52. The highest BCUT2D eigenvalue weighted by atomic mass is 33.1. The molecule has 2 aromatic heterocycles. The monoisotopic (exact) mass is 997 g/mol. The number of fused-ring (bicyclic) bond motifs is 4. The Morgan fingerprint density at radius 1 is 1.03 bits per heavy atom. The third kappa shape index (κ3) is 7.87. The number of aliphatic hydroxyl groups is 3. The van der Waals surface area contributed by atoms with E-state index in [4.69, 9.17) is 14.2 Å². The molecule has 4 aliphatic heterocycles. The van der Waals surface area contributed by atoms with Gasteiger partial charge in [0.25, 0.3) is 5.91 Å². The standard InChI is InChI=1S/C52H67N7O9S2/c1-7-48(64,8-2)29-32-30-51(46(62)67-6,41-34(18-22-53-31-32)33-15-10-11-16-37(33)55-41)36-27-35-38(28-39(36)66-5)58(4)43-50(35)20-24-59-23-14-19-49(9-3,42(50)59)44(60)52(43,65)45(61)56-57-47(63)68-25-26-69-70-40-17-12-13-21-54-40/h10-17,19,21,27-28,32,42-44,53,55,60,64-65H,7-9,18,20,22-26,29-31H2,1-6H3,(H,56,61)(H,57,63)/t32-,42+,43-,44-,49-,50-,51+,52+/m1/s1. The van der Waals surface area contributed by atoms with Crippen LogP contribution in [0.4, 0.5) is 10.5 Å². The first-order chi connectivity index (χ1) is 33.7. The summed E-state index contributed by atoms with van der Waals surface area (Å²) < 4.78 is 17.8. The van der Waals surface area contributed by atoms with Crippen LogP contribution in [0.1, 0.15) is 81.7 Å². The van der Waals surface area contributed by atoms with E-state index in [0.717, 1.165) is 27.1 Å². The summed E-state index contributed by atoms with van der Waals surface area (Å²) in [6, 6.07) is 16.2. The van der Waals surface area contributed by atoms with Gasteiger partial charge in [0.05, 0.1) is 25.9 Å². The normalized spacial score (nSPS) is 29.2. The van der Waals surface area contributed by atoms with E-state index in [1.165, 1.54) is 28.7 Å². The van der Waals surface area contributed by atoms with Gasteiger partial charge in [-0.1, -0.05) is 68.0 Å². The van der Waals surface area contributed by atoms with E-state index in [9.17, 15) is 24.9 Å². The number of methoxy groups -OCH3 is 2. The molecule has 18 heteroatoms. The zero-order chi connectivity index (χ0) is 49.6. The van der Waals surface area contributed by atoms with Crippen molar-refractivity contribution in [1.29, 1.82) is 0 Å². The Morgan fingerprint density at radius 2 is 1.81 bits per heavy atom. The molecule has 70 heavy (non-hydrogen) atoms. The summed E-state index contributed by atoms with van der Waals surface area (Å²) in [5.41, 5.74) is 2.22. The van der Waals surface area contributed by atoms with Crippen molar-refractivity contribution >= 4 is 56.1 Å². The van der Waals surface area contributed by atoms with Gasteiger partial charge >= 0.3 is 12.1 Å². The number of aromatic amines is 1. The molecule has 8 atom stereocenters. The molecule has 2 amide bonds. The summed E-state index contributed by atoms with van der Waals surface area (Å²) in [4.78, 5) is 55.8. The number of para-hydroxylation sites is 1. The highest BCUT2D eigenvalue weighted by Crippen LogP contribution is 2.67. The highest BCUT2D eigenvalue weighted by Gasteiger charge is 2.79. The number of carbonyl (C=O) groups excluding carboxylic acids is 3. The number of pyridine rings is 1. The maximum atomic E-state index is 15.5. The molecular formula is C52H67N7O9S2. The fourth-order valence-electron chi connectivity index (χ4n) is 13.4. The molecular weight excluding hydrogens is 931 g/mol. The van der Waals surface area contributed by atoms with Crippen molar-refractivity contribution in [2.45, 2.75) is 111 Å². The van der Waals surface area contributed by atoms with E-state index in [0.29, 0.717) is 93.2 Å². The van der Waals surface area contributed by atoms with Gasteiger partial charge in [-0.3, -0.25) is 19.9 Å². The number of likely N-dealkylation sites (N-methyl/N-ethyl adjacent to an activating group) is 1. The Bertz CT molecular complexity index is 2630. The molecule has 2 fully saturated rings. The van der Waals surface area contributed by atoms with Crippen molar-refractivity contribution in [3.8, 4) is 5.75 Å². The third-order valence-corrected chi connectivity index (χ3v) is 18.8. The highest BCUT2D eigenvalue weighted by molar-refractivity contribution is 8.76. The fraction of sp³-hybridized carbons (Fsp3) is 0.538. The van der Waals surface area contributed by atoms with Crippen LogP contribution in [0.15, 0.2) is 78.0 Å². The number of nitrogens with zero attached hydrogens (tertiary/aromatic N) is 3. The van der Waals surface area contributed by atoms with Gasteiger partial charge < -0.3 is 44.7 Å². The third-order valence-electron chi connectivity index (χ3n) is 16.6. The molecule has 5 aliphatic rings. The van der Waals surface area contributed by atoms with Crippen molar-refractivity contribution in [3.63, 3.8) is 0 Å². The zero-order valence-corrected chi connectivity index (χ0v) is 42.5. The maximum Gasteiger partial charge on any atom is 0.426 e. The predicted molar refractivity (Wildman–Crippen MR) is 271 cm³/mol. The summed E-state index contributed by atoms with van der Waals surface area (Å²) in [6.45, 7) is 8.36. The van der Waals surface area contributed by atoms with Crippen LogP contribution in [0.25, 0.3) is 10.9 Å². The molecule has 2 aromatic carbocycles. The lowest BCUT2D eigenvalue weighted by Crippen LogP contribution is -2.82. The first kappa shape index (κ1) is 50.1. The number of H-pyrrole nitrogens is 1. The minimum Gasteiger partial charge on any atom is -0.496 e. The number of ether oxygens (including phenoxy) is 3. The van der Waals surface area contributed by atoms with Gasteiger partial charge in [-0.25, -0.2) is 15.2 Å². The van der Waals surface area contributed by atoms with Gasteiger partial charge in [-0.2, -0.15) is 0 Å². The second-order valence-electron chi connectivity index (χ2n) is 19.7. The topological polar surface area (TPSA) is 211 Å². The summed E-state index contributed by atoms with van der Waals surface area (Å²) in [5.74, 6) is -0.844. The zero-order valence-electron chi connectivity index (χ0n) is 40.9. The van der Waals surface area contributed by atoms with Crippen LogP contribution in [-0.4, -0.2) is 137 Å². The summed E-state index contributed by atoms with van der Waals surface area (Å²) in [6.07, 6.45) is 6.36. The maximum absolute atomic E-state index is 15.5. The Hall–Kier alpha value is -4.82. The molecule has 376 valence electrons. The molecule has 1 saturated heterocycles. The number of aliphatic hydroxyl groups excluding tert-OH is 1. The molecule has 1 spiro atoms. The number of hydrogen-bond donors (Lipinski definition) is 7. The molecule has 6 heterocycles. The van der Waals surface area contributed by atoms with Gasteiger partial charge in [0.1, 0.15) is 28.9 Å². The number of hydrazine groups is 1. The van der Waals surface area contributed by atoms with Gasteiger partial charge in [0.15, 0.2) is 5.60 Å². The Balaban J connectivity index is 1.17. The second-order valence-corrected chi connectivity index (χ2v) is 22.2. The summed E-state index contributed by atoms with van der Waals surface area (Å²) in [5, 5.41) is 43.7. The summed E-state index contributed by atoms with van der Waals surface area (Å²) >= 11 is 0. The number of benzene rings is 2. The van der Waals surface area contributed by atoms with Crippen LogP contribution in [0.5, 0.6) is 5.75 Å². The van der Waals surface area contributed by atoms with Crippen molar-refractivity contribution < 1.29 is 43.9 Å². The van der Waals surface area contributed by atoms with Crippen LogP contribution < -0.4 is 25.8 Å². The fourth-order valence-corrected chi connectivity index (χ4v) is 15.1. The number of rotatable bonds is 14. The molecule has 1 aliphatic carbocycles. The number of carbonyl (C=O) groups is 3. The van der Waals surface area contributed by atoms with Gasteiger partial charge in [0.2, 0.25) is 0 Å². The lowest BCUT2D eigenvalue weighted by Gasteiger charge is -2.63. The van der Waals surface area contributed by atoms with E-state index in [2.05, 4.69) is 43.2 Å². The first-order valence-corrected chi connectivity index (χ1v) is 26.9. The molecule has 0 bridgehead atoms. The number of amides is 2. The minimum absolute atomic E-state index is 0.0384. The number of esters is 1. The average Bonchev–Trinajstić information content (AvgIpc) is 4.05. The SMILES string of the molecule is CCC(O)(CC)C[C@H]1CNCCc2c([nH]c3ccccc23)[C@@](C(=O)OC)(c2cc3c(cc2OC)N(C)[C@H]2[C@@](O)(C(=O)NNC(=O)OCCSSc4ccccn4)[C@H](O)[C@]4(CC)C=CCN5CC[C@]32[C@@H]54)C1. The molecule has 7 N–H and O–H groups in total. The quantitative estimate of drug-likeness (QED) is 0.0273. The van der Waals surface area contributed by atoms with Crippen molar-refractivity contribution in [1.82, 2.24) is 31.0 Å². The van der Waals surface area contributed by atoms with Crippen LogP contribution in [-0.2, 0) is 36.3 Å². The van der Waals surface area contributed by atoms with E-state index >= 15 is 4.79 Å². The number of aromatic nitrogens is 2. The molecule has 9 rings (SSSR count). The van der Waals surface area contributed by atoms with Crippen LogP contribution in [0, 0.1) is 11.3 Å². The van der Waals surface area contributed by atoms with Gasteiger partial charge in [-0.15, -0.1) is 0 Å². The van der Waals surface area contributed by atoms with E-state index < -0.39 is 63.6 Å². The van der Waals surface area contributed by atoms with Crippen LogP contribution in [0.2, 0.25) is 0 Å². The lowest BCUT2D eigenvalue weighted by atomic mass is 9.47. The van der Waals surface area contributed by atoms with E-state index in [1.54, 1.807) is 13.3 Å². The Labute approximate surface area is 417 Å². The average molecular weight is 998 g/mol. The smallest absolute Gasteiger partial charge is 0.426 e. The van der Waals surface area contributed by atoms with Crippen LogP contribution in [0.3, 0.4) is 0 Å². The van der Waals surface area contributed by atoms with Crippen molar-refractivity contribution in [3.05, 3.63) is 95.3 Å². The largest absolute Gasteiger partial charge is 0.496 e. The Morgan fingerprint density at radius 3 is 2.54 bits per heavy atom. The van der Waals surface area contributed by atoms with Crippen LogP contribution >= 0.6 is 21.6 Å². The van der Waals surface area contributed by atoms with Gasteiger partial charge in [0, 0.05) is 76.3 Å². The van der Waals surface area contributed by atoms with Crippen molar-refractivity contribution in [2.75, 3.05) is 64.7 Å². The molecule has 0 radical (unpaired) electrons. The minimum atomic E-state index is -2.52. The summed E-state index contributed by atoms with van der Waals surface area (Å²) in [7, 11) is 7.71. The molecule has 4 aromatic rings. The molecule has 0 unspecified atom stereocenters. The number of anilines is 1. The second kappa shape index (κ2) is 19.7. The number of hydrogen-bond acceptors (Lipinski definition) is 15. The number of nitrogens with one attached hydrogen (secondary N) is 4.